The predicted molar refractivity (Wildman–Crippen MR) is 77.4 cm³/mol. The molecule has 0 bridgehead atoms. The molecule has 0 aliphatic heterocycles. The van der Waals surface area contributed by atoms with Gasteiger partial charge in [-0.15, -0.1) is 0 Å². The SMILES string of the molecule is COc1cccc(N)c1C(=O)N(C)Cc1ccccn1. The van der Waals surface area contributed by atoms with E-state index in [1.54, 1.807) is 36.3 Å². The first-order chi connectivity index (χ1) is 9.63. The van der Waals surface area contributed by atoms with Gasteiger partial charge in [-0.2, -0.15) is 0 Å². The summed E-state index contributed by atoms with van der Waals surface area (Å²) in [4.78, 5) is 18.3. The van der Waals surface area contributed by atoms with Crippen LogP contribution in [0.2, 0.25) is 0 Å². The molecule has 0 fully saturated rings. The molecule has 1 amide bonds. The first-order valence-electron chi connectivity index (χ1n) is 6.21. The topological polar surface area (TPSA) is 68.5 Å². The summed E-state index contributed by atoms with van der Waals surface area (Å²) >= 11 is 0. The molecule has 20 heavy (non-hydrogen) atoms. The quantitative estimate of drug-likeness (QED) is 0.863. The van der Waals surface area contributed by atoms with Crippen LogP contribution in [0.5, 0.6) is 5.75 Å². The number of anilines is 1. The number of methoxy groups -OCH3 is 1. The Morgan fingerprint density at radius 3 is 2.75 bits per heavy atom. The zero-order valence-corrected chi connectivity index (χ0v) is 11.5. The number of rotatable bonds is 4. The number of hydrogen-bond acceptors (Lipinski definition) is 4. The Kier molecular flexibility index (Phi) is 4.20. The number of carbonyl (C=O) groups is 1. The number of hydrogen-bond donors (Lipinski definition) is 1. The Bertz CT molecular complexity index is 599. The van der Waals surface area contributed by atoms with Gasteiger partial charge in [0.15, 0.2) is 0 Å². The number of pyridine rings is 1. The minimum Gasteiger partial charge on any atom is -0.496 e. The molecule has 1 aromatic heterocycles. The van der Waals surface area contributed by atoms with Crippen LogP contribution in [-0.2, 0) is 6.54 Å². The Morgan fingerprint density at radius 1 is 1.30 bits per heavy atom. The molecule has 0 radical (unpaired) electrons. The largest absolute Gasteiger partial charge is 0.496 e. The van der Waals surface area contributed by atoms with E-state index in [0.717, 1.165) is 5.69 Å². The molecular weight excluding hydrogens is 254 g/mol. The lowest BCUT2D eigenvalue weighted by molar-refractivity contribution is 0.0781. The van der Waals surface area contributed by atoms with Gasteiger partial charge in [0.2, 0.25) is 0 Å². The molecule has 5 nitrogen and oxygen atoms in total. The van der Waals surface area contributed by atoms with Crippen molar-refractivity contribution in [3.05, 3.63) is 53.9 Å². The van der Waals surface area contributed by atoms with Gasteiger partial charge in [0.1, 0.15) is 11.3 Å². The average Bonchev–Trinajstić information content (AvgIpc) is 2.47. The van der Waals surface area contributed by atoms with Crippen molar-refractivity contribution in [3.63, 3.8) is 0 Å². The smallest absolute Gasteiger partial charge is 0.259 e. The first kappa shape index (κ1) is 13.9. The van der Waals surface area contributed by atoms with Crippen molar-refractivity contribution in [2.45, 2.75) is 6.54 Å². The summed E-state index contributed by atoms with van der Waals surface area (Å²) < 4.78 is 5.20. The van der Waals surface area contributed by atoms with Gasteiger partial charge in [-0.05, 0) is 24.3 Å². The first-order valence-corrected chi connectivity index (χ1v) is 6.21. The highest BCUT2D eigenvalue weighted by Crippen LogP contribution is 2.25. The molecule has 1 heterocycles. The van der Waals surface area contributed by atoms with Crippen LogP contribution in [0.25, 0.3) is 0 Å². The number of nitrogen functional groups attached to an aromatic ring is 1. The molecule has 2 N–H and O–H groups in total. The van der Waals surface area contributed by atoms with Gasteiger partial charge in [0, 0.05) is 18.9 Å². The van der Waals surface area contributed by atoms with Gasteiger partial charge in [-0.3, -0.25) is 9.78 Å². The molecule has 0 aliphatic carbocycles. The number of aromatic nitrogens is 1. The summed E-state index contributed by atoms with van der Waals surface area (Å²) in [7, 11) is 3.23. The summed E-state index contributed by atoms with van der Waals surface area (Å²) in [6.07, 6.45) is 1.70. The molecule has 0 saturated carbocycles. The maximum atomic E-state index is 12.5. The van der Waals surface area contributed by atoms with Crippen LogP contribution in [0, 0.1) is 0 Å². The fourth-order valence-electron chi connectivity index (χ4n) is 1.94. The van der Waals surface area contributed by atoms with E-state index in [1.165, 1.54) is 7.11 Å². The lowest BCUT2D eigenvalue weighted by atomic mass is 10.1. The van der Waals surface area contributed by atoms with Gasteiger partial charge in [-0.25, -0.2) is 0 Å². The zero-order valence-electron chi connectivity index (χ0n) is 11.5. The standard InChI is InChI=1S/C15H17N3O2/c1-18(10-11-6-3-4-9-17-11)15(19)14-12(16)7-5-8-13(14)20-2/h3-9H,10,16H2,1-2H3. The van der Waals surface area contributed by atoms with E-state index in [0.29, 0.717) is 23.5 Å². The van der Waals surface area contributed by atoms with Crippen molar-refractivity contribution in [1.82, 2.24) is 9.88 Å². The summed E-state index contributed by atoms with van der Waals surface area (Å²) in [6, 6.07) is 10.8. The van der Waals surface area contributed by atoms with Crippen molar-refractivity contribution in [2.75, 3.05) is 19.9 Å². The lowest BCUT2D eigenvalue weighted by Gasteiger charge is -2.19. The minimum atomic E-state index is -0.189. The second-order valence-corrected chi connectivity index (χ2v) is 4.41. The molecule has 0 aliphatic rings. The van der Waals surface area contributed by atoms with Crippen LogP contribution in [0.4, 0.5) is 5.69 Å². The van der Waals surface area contributed by atoms with Crippen LogP contribution in [0.3, 0.4) is 0 Å². The molecule has 2 rings (SSSR count). The summed E-state index contributed by atoms with van der Waals surface area (Å²) in [6.45, 7) is 0.414. The van der Waals surface area contributed by atoms with Gasteiger partial charge in [0.05, 0.1) is 19.3 Å². The van der Waals surface area contributed by atoms with E-state index in [4.69, 9.17) is 10.5 Å². The molecule has 0 unspecified atom stereocenters. The maximum Gasteiger partial charge on any atom is 0.259 e. The van der Waals surface area contributed by atoms with E-state index >= 15 is 0 Å². The zero-order chi connectivity index (χ0) is 14.5. The Labute approximate surface area is 118 Å². The van der Waals surface area contributed by atoms with E-state index in [1.807, 2.05) is 18.2 Å². The van der Waals surface area contributed by atoms with Crippen molar-refractivity contribution >= 4 is 11.6 Å². The summed E-state index contributed by atoms with van der Waals surface area (Å²) in [5, 5.41) is 0. The van der Waals surface area contributed by atoms with Crippen LogP contribution in [0.1, 0.15) is 16.1 Å². The van der Waals surface area contributed by atoms with Gasteiger partial charge in [-0.1, -0.05) is 12.1 Å². The number of nitrogens with two attached hydrogens (primary N) is 1. The fraction of sp³-hybridized carbons (Fsp3) is 0.200. The molecule has 0 spiro atoms. The summed E-state index contributed by atoms with van der Waals surface area (Å²) in [5.74, 6) is 0.286. The molecule has 1 aromatic carbocycles. The van der Waals surface area contributed by atoms with Crippen molar-refractivity contribution < 1.29 is 9.53 Å². The second-order valence-electron chi connectivity index (χ2n) is 4.41. The van der Waals surface area contributed by atoms with E-state index in [9.17, 15) is 4.79 Å². The highest BCUT2D eigenvalue weighted by atomic mass is 16.5. The minimum absolute atomic E-state index is 0.189. The van der Waals surface area contributed by atoms with Crippen LogP contribution in [0.15, 0.2) is 42.6 Å². The molecular formula is C15H17N3O2. The third kappa shape index (κ3) is 2.88. The molecule has 2 aromatic rings. The Balaban J connectivity index is 2.23. The molecule has 5 heteroatoms. The third-order valence-corrected chi connectivity index (χ3v) is 2.96. The van der Waals surface area contributed by atoms with Crippen LogP contribution >= 0.6 is 0 Å². The third-order valence-electron chi connectivity index (χ3n) is 2.96. The van der Waals surface area contributed by atoms with Crippen LogP contribution in [-0.4, -0.2) is 29.9 Å². The molecule has 0 saturated heterocycles. The van der Waals surface area contributed by atoms with Gasteiger partial charge < -0.3 is 15.4 Å². The van der Waals surface area contributed by atoms with E-state index in [2.05, 4.69) is 4.98 Å². The van der Waals surface area contributed by atoms with Gasteiger partial charge in [0.25, 0.3) is 5.91 Å². The van der Waals surface area contributed by atoms with Gasteiger partial charge >= 0.3 is 0 Å². The van der Waals surface area contributed by atoms with Crippen molar-refractivity contribution in [1.29, 1.82) is 0 Å². The molecule has 104 valence electrons. The van der Waals surface area contributed by atoms with E-state index < -0.39 is 0 Å². The number of amides is 1. The van der Waals surface area contributed by atoms with Crippen molar-refractivity contribution in [2.24, 2.45) is 0 Å². The Hall–Kier alpha value is -2.56. The number of nitrogens with zero attached hydrogens (tertiary/aromatic N) is 2. The highest BCUT2D eigenvalue weighted by molar-refractivity contribution is 6.01. The molecule has 0 atom stereocenters. The number of carbonyl (C=O) groups excluding carboxylic acids is 1. The predicted octanol–water partition coefficient (Wildman–Crippen LogP) is 1.94. The fourth-order valence-corrected chi connectivity index (χ4v) is 1.94. The highest BCUT2D eigenvalue weighted by Gasteiger charge is 2.19. The number of benzene rings is 1. The number of ether oxygens (including phenoxy) is 1. The lowest BCUT2D eigenvalue weighted by Crippen LogP contribution is -2.27. The normalized spacial score (nSPS) is 10.1. The maximum absolute atomic E-state index is 12.5. The second kappa shape index (κ2) is 6.06. The summed E-state index contributed by atoms with van der Waals surface area (Å²) in [5.41, 5.74) is 7.49. The van der Waals surface area contributed by atoms with E-state index in [-0.39, 0.29) is 5.91 Å². The Morgan fingerprint density at radius 2 is 2.10 bits per heavy atom. The monoisotopic (exact) mass is 271 g/mol. The van der Waals surface area contributed by atoms with Crippen LogP contribution < -0.4 is 10.5 Å². The van der Waals surface area contributed by atoms with Crippen molar-refractivity contribution in [3.8, 4) is 5.75 Å². The average molecular weight is 271 g/mol.